The van der Waals surface area contributed by atoms with E-state index in [4.69, 9.17) is 16.6 Å². The Morgan fingerprint density at radius 2 is 1.57 bits per heavy atom. The Kier molecular flexibility index (Phi) is 7.28. The number of amides is 1. The minimum atomic E-state index is -0.299. The van der Waals surface area contributed by atoms with Crippen molar-refractivity contribution in [3.05, 3.63) is 92.1 Å². The zero-order valence-electron chi connectivity index (χ0n) is 19.9. The molecule has 0 unspecified atom stereocenters. The number of rotatable bonds is 6. The molecule has 2 aromatic heterocycles. The number of pyridine rings is 2. The van der Waals surface area contributed by atoms with Crippen LogP contribution in [0.2, 0.25) is 5.02 Å². The summed E-state index contributed by atoms with van der Waals surface area (Å²) < 4.78 is 2.12. The lowest BCUT2D eigenvalue weighted by Crippen LogP contribution is -2.42. The van der Waals surface area contributed by atoms with Crippen molar-refractivity contribution in [3.8, 4) is 5.69 Å². The normalized spacial score (nSPS) is 11.3. The minimum Gasteiger partial charge on any atom is -0.341 e. The van der Waals surface area contributed by atoms with E-state index in [0.717, 1.165) is 11.4 Å². The number of carbonyl (C=O) groups is 1. The number of halogens is 2. The number of aromatic nitrogens is 2. The number of hydrogen-bond donors (Lipinski definition) is 1. The van der Waals surface area contributed by atoms with E-state index < -0.39 is 0 Å². The fourth-order valence-corrected chi connectivity index (χ4v) is 4.93. The molecule has 0 radical (unpaired) electrons. The van der Waals surface area contributed by atoms with E-state index in [9.17, 15) is 9.59 Å². The highest BCUT2D eigenvalue weighted by Crippen LogP contribution is 2.34. The highest BCUT2D eigenvalue weighted by atomic mass is 79.9. The average molecular weight is 554 g/mol. The van der Waals surface area contributed by atoms with Crippen LogP contribution in [0.1, 0.15) is 38.2 Å². The predicted octanol–water partition coefficient (Wildman–Crippen LogP) is 6.80. The van der Waals surface area contributed by atoms with Gasteiger partial charge in [0.25, 0.3) is 5.91 Å². The summed E-state index contributed by atoms with van der Waals surface area (Å²) in [5.41, 5.74) is 1.73. The molecular formula is C27H26BrClN4O2. The number of nitrogens with zero attached hydrogens (tertiary/aromatic N) is 3. The standard InChI is InChI=1S/C27H26BrClN4O2/c1-16(2)32(17(3)4)27(35)25-23(28)24(29)22-20(34)15-21(30-18-11-7-5-8-12-18)33(26(22)31-25)19-13-9-6-10-14-19/h5-17,30H,1-4H3. The summed E-state index contributed by atoms with van der Waals surface area (Å²) in [5, 5.41) is 3.71. The monoisotopic (exact) mass is 552 g/mol. The first-order valence-electron chi connectivity index (χ1n) is 11.4. The van der Waals surface area contributed by atoms with Gasteiger partial charge in [-0.15, -0.1) is 0 Å². The van der Waals surface area contributed by atoms with Gasteiger partial charge in [-0.1, -0.05) is 48.0 Å². The molecule has 0 fully saturated rings. The number of carbonyl (C=O) groups excluding carboxylic acids is 1. The first-order valence-corrected chi connectivity index (χ1v) is 12.5. The number of hydrogen-bond acceptors (Lipinski definition) is 4. The highest BCUT2D eigenvalue weighted by molar-refractivity contribution is 9.10. The van der Waals surface area contributed by atoms with Gasteiger partial charge in [0.05, 0.1) is 14.9 Å². The summed E-state index contributed by atoms with van der Waals surface area (Å²) in [4.78, 5) is 33.4. The van der Waals surface area contributed by atoms with Crippen LogP contribution in [0.3, 0.4) is 0 Å². The molecule has 1 amide bonds. The summed E-state index contributed by atoms with van der Waals surface area (Å²) in [5.74, 6) is 0.243. The van der Waals surface area contributed by atoms with E-state index in [1.54, 1.807) is 4.90 Å². The summed E-state index contributed by atoms with van der Waals surface area (Å²) >= 11 is 10.2. The van der Waals surface area contributed by atoms with Crippen LogP contribution in [-0.2, 0) is 0 Å². The molecule has 1 N–H and O–H groups in total. The largest absolute Gasteiger partial charge is 0.341 e. The van der Waals surface area contributed by atoms with E-state index in [1.165, 1.54) is 6.07 Å². The van der Waals surface area contributed by atoms with Gasteiger partial charge in [0.2, 0.25) is 0 Å². The molecule has 2 aromatic carbocycles. The molecule has 0 saturated carbocycles. The second-order valence-electron chi connectivity index (χ2n) is 8.74. The van der Waals surface area contributed by atoms with Gasteiger partial charge in [-0.2, -0.15) is 0 Å². The van der Waals surface area contributed by atoms with Crippen LogP contribution in [0.15, 0.2) is 76.0 Å². The summed E-state index contributed by atoms with van der Waals surface area (Å²) in [6.07, 6.45) is 0. The van der Waals surface area contributed by atoms with Crippen LogP contribution >= 0.6 is 27.5 Å². The lowest BCUT2D eigenvalue weighted by atomic mass is 10.1. The molecule has 0 atom stereocenters. The van der Waals surface area contributed by atoms with Crippen LogP contribution in [0, 0.1) is 0 Å². The van der Waals surface area contributed by atoms with Gasteiger partial charge in [0, 0.05) is 29.5 Å². The Morgan fingerprint density at radius 1 is 1.00 bits per heavy atom. The van der Waals surface area contributed by atoms with E-state index in [1.807, 2.05) is 92.9 Å². The number of anilines is 2. The van der Waals surface area contributed by atoms with Crippen LogP contribution in [0.25, 0.3) is 16.7 Å². The maximum Gasteiger partial charge on any atom is 0.274 e. The molecule has 2 heterocycles. The van der Waals surface area contributed by atoms with Gasteiger partial charge in [-0.3, -0.25) is 14.2 Å². The Balaban J connectivity index is 2.06. The van der Waals surface area contributed by atoms with Crippen molar-refractivity contribution in [1.29, 1.82) is 0 Å². The van der Waals surface area contributed by atoms with Crippen molar-refractivity contribution in [1.82, 2.24) is 14.5 Å². The number of benzene rings is 2. The predicted molar refractivity (Wildman–Crippen MR) is 146 cm³/mol. The van der Waals surface area contributed by atoms with E-state index in [0.29, 0.717) is 15.9 Å². The third-order valence-corrected chi connectivity index (χ3v) is 7.02. The van der Waals surface area contributed by atoms with E-state index >= 15 is 0 Å². The summed E-state index contributed by atoms with van der Waals surface area (Å²) in [7, 11) is 0. The topological polar surface area (TPSA) is 67.2 Å². The minimum absolute atomic E-state index is 0.0481. The molecule has 35 heavy (non-hydrogen) atoms. The maximum atomic E-state index is 13.6. The van der Waals surface area contributed by atoms with E-state index in [2.05, 4.69) is 21.2 Å². The first kappa shape index (κ1) is 24.9. The van der Waals surface area contributed by atoms with Crippen LogP contribution in [0.5, 0.6) is 0 Å². The SMILES string of the molecule is CC(C)N(C(=O)c1nc2c(c(Cl)c1Br)c(=O)cc(Nc1ccccc1)n2-c1ccccc1)C(C)C. The highest BCUT2D eigenvalue weighted by Gasteiger charge is 2.28. The second-order valence-corrected chi connectivity index (χ2v) is 9.91. The van der Waals surface area contributed by atoms with Crippen LogP contribution in [-0.4, -0.2) is 32.4 Å². The maximum absolute atomic E-state index is 13.6. The molecule has 8 heteroatoms. The molecule has 0 spiro atoms. The van der Waals surface area contributed by atoms with Crippen molar-refractivity contribution in [2.75, 3.05) is 5.32 Å². The number of fused-ring (bicyclic) bond motifs is 1. The van der Waals surface area contributed by atoms with Crippen LogP contribution < -0.4 is 10.7 Å². The van der Waals surface area contributed by atoms with Gasteiger partial charge in [0.1, 0.15) is 11.5 Å². The third-order valence-electron chi connectivity index (χ3n) is 5.64. The van der Waals surface area contributed by atoms with Gasteiger partial charge in [-0.25, -0.2) is 4.98 Å². The molecule has 6 nitrogen and oxygen atoms in total. The fourth-order valence-electron chi connectivity index (χ4n) is 4.21. The zero-order chi connectivity index (χ0) is 25.3. The summed E-state index contributed by atoms with van der Waals surface area (Å²) in [6.45, 7) is 7.82. The Bertz CT molecular complexity index is 1430. The van der Waals surface area contributed by atoms with Gasteiger partial charge < -0.3 is 10.2 Å². The molecule has 0 aliphatic carbocycles. The van der Waals surface area contributed by atoms with Crippen molar-refractivity contribution >= 4 is 56.0 Å². The molecule has 0 aliphatic heterocycles. The third kappa shape index (κ3) is 4.83. The smallest absolute Gasteiger partial charge is 0.274 e. The Hall–Kier alpha value is -3.16. The molecule has 180 valence electrons. The van der Waals surface area contributed by atoms with Gasteiger partial charge >= 0.3 is 0 Å². The molecule has 4 rings (SSSR count). The molecule has 0 aliphatic rings. The molecule has 0 saturated heterocycles. The molecular weight excluding hydrogens is 528 g/mol. The Morgan fingerprint density at radius 3 is 2.14 bits per heavy atom. The van der Waals surface area contributed by atoms with E-state index in [-0.39, 0.29) is 39.5 Å². The Labute approximate surface area is 217 Å². The fraction of sp³-hybridized carbons (Fsp3) is 0.222. The second kappa shape index (κ2) is 10.2. The average Bonchev–Trinajstić information content (AvgIpc) is 2.82. The lowest BCUT2D eigenvalue weighted by Gasteiger charge is -2.31. The van der Waals surface area contributed by atoms with Crippen molar-refractivity contribution in [3.63, 3.8) is 0 Å². The zero-order valence-corrected chi connectivity index (χ0v) is 22.3. The van der Waals surface area contributed by atoms with Gasteiger partial charge in [-0.05, 0) is 67.9 Å². The lowest BCUT2D eigenvalue weighted by molar-refractivity contribution is 0.0637. The van der Waals surface area contributed by atoms with Crippen LogP contribution in [0.4, 0.5) is 11.5 Å². The number of para-hydroxylation sites is 2. The molecule has 0 bridgehead atoms. The summed E-state index contributed by atoms with van der Waals surface area (Å²) in [6, 6.07) is 20.5. The first-order chi connectivity index (χ1) is 16.7. The quantitative estimate of drug-likeness (QED) is 0.285. The molecule has 4 aromatic rings. The van der Waals surface area contributed by atoms with Crippen molar-refractivity contribution in [2.45, 2.75) is 39.8 Å². The van der Waals surface area contributed by atoms with Gasteiger partial charge in [0.15, 0.2) is 11.1 Å². The van der Waals surface area contributed by atoms with Crippen molar-refractivity contribution < 1.29 is 4.79 Å². The number of nitrogens with one attached hydrogen (secondary N) is 1. The van der Waals surface area contributed by atoms with Crippen molar-refractivity contribution in [2.24, 2.45) is 0 Å².